The molecule has 0 saturated heterocycles. The second kappa shape index (κ2) is 10.4. The third-order valence-corrected chi connectivity index (χ3v) is 2.27. The molecule has 0 aliphatic heterocycles. The van der Waals surface area contributed by atoms with Gasteiger partial charge in [0.15, 0.2) is 0 Å². The minimum atomic E-state index is -0.159. The first-order valence-electron chi connectivity index (χ1n) is 5.78. The molecule has 0 fully saturated rings. The predicted octanol–water partition coefficient (Wildman–Crippen LogP) is 4.17. The summed E-state index contributed by atoms with van der Waals surface area (Å²) in [5.74, 6) is -0.159. The Labute approximate surface area is 88.0 Å². The van der Waals surface area contributed by atoms with Gasteiger partial charge in [-0.15, -0.1) is 0 Å². The molecule has 0 aromatic rings. The molecule has 0 atom stereocenters. The lowest BCUT2D eigenvalue weighted by Gasteiger charge is -2.03. The average molecular weight is 200 g/mol. The van der Waals surface area contributed by atoms with Gasteiger partial charge in [0.05, 0.1) is 6.61 Å². The number of unbranched alkanes of at least 4 members (excludes halogenated alkanes) is 7. The molecule has 0 radical (unpaired) electrons. The number of ether oxygens (including phenoxy) is 1. The smallest absolute Gasteiger partial charge is 0.268 e. The quantitative estimate of drug-likeness (QED) is 0.423. The molecule has 0 aliphatic rings. The largest absolute Gasteiger partial charge is 0.481 e. The van der Waals surface area contributed by atoms with Gasteiger partial charge in [0.25, 0.3) is 5.95 Å². The van der Waals surface area contributed by atoms with Crippen LogP contribution >= 0.6 is 0 Å². The highest BCUT2D eigenvalue weighted by Crippen LogP contribution is 2.08. The van der Waals surface area contributed by atoms with Crippen LogP contribution in [0.25, 0.3) is 0 Å². The monoisotopic (exact) mass is 200 g/mol. The van der Waals surface area contributed by atoms with Gasteiger partial charge in [-0.2, -0.15) is 0 Å². The minimum absolute atomic E-state index is 0.159. The van der Waals surface area contributed by atoms with Crippen molar-refractivity contribution < 1.29 is 9.84 Å². The second-order valence-corrected chi connectivity index (χ2v) is 3.72. The molecular formula is C12H24O2. The van der Waals surface area contributed by atoms with Crippen LogP contribution in [-0.4, -0.2) is 11.7 Å². The van der Waals surface area contributed by atoms with Crippen molar-refractivity contribution in [2.45, 2.75) is 58.3 Å². The Balaban J connectivity index is 2.88. The van der Waals surface area contributed by atoms with Crippen LogP contribution < -0.4 is 0 Å². The molecule has 0 aromatic carbocycles. The first-order chi connectivity index (χ1) is 6.77. The van der Waals surface area contributed by atoms with Crippen LogP contribution in [-0.2, 0) is 4.74 Å². The summed E-state index contributed by atoms with van der Waals surface area (Å²) in [6, 6.07) is 0. The van der Waals surface area contributed by atoms with E-state index in [-0.39, 0.29) is 5.95 Å². The molecule has 0 aliphatic carbocycles. The zero-order chi connectivity index (χ0) is 10.6. The Morgan fingerprint density at radius 1 is 1.00 bits per heavy atom. The lowest BCUT2D eigenvalue weighted by atomic mass is 10.1. The normalized spacial score (nSPS) is 10.1. The third-order valence-electron chi connectivity index (χ3n) is 2.27. The van der Waals surface area contributed by atoms with E-state index in [1.807, 2.05) is 0 Å². The fraction of sp³-hybridized carbons (Fsp3) is 0.833. The maximum atomic E-state index is 8.64. The summed E-state index contributed by atoms with van der Waals surface area (Å²) < 4.78 is 4.85. The van der Waals surface area contributed by atoms with Crippen molar-refractivity contribution in [3.8, 4) is 0 Å². The SMILES string of the molecule is C=C(O)OCCCCCCCCCC. The van der Waals surface area contributed by atoms with Gasteiger partial charge in [-0.25, -0.2) is 0 Å². The van der Waals surface area contributed by atoms with Crippen LogP contribution in [0.5, 0.6) is 0 Å². The number of hydrogen-bond acceptors (Lipinski definition) is 2. The standard InChI is InChI=1S/C12H24O2/c1-3-4-5-6-7-8-9-10-11-14-12(2)13/h13H,2-11H2,1H3. The van der Waals surface area contributed by atoms with Gasteiger partial charge in [-0.3, -0.25) is 0 Å². The first-order valence-corrected chi connectivity index (χ1v) is 5.78. The van der Waals surface area contributed by atoms with E-state index in [1.165, 1.54) is 44.9 Å². The van der Waals surface area contributed by atoms with Crippen molar-refractivity contribution in [2.24, 2.45) is 0 Å². The third kappa shape index (κ3) is 11.3. The van der Waals surface area contributed by atoms with Crippen molar-refractivity contribution in [1.29, 1.82) is 0 Å². The molecule has 14 heavy (non-hydrogen) atoms. The molecule has 2 nitrogen and oxygen atoms in total. The Hall–Kier alpha value is -0.660. The highest BCUT2D eigenvalue weighted by Gasteiger charge is 1.92. The summed E-state index contributed by atoms with van der Waals surface area (Å²) in [5, 5.41) is 8.64. The van der Waals surface area contributed by atoms with Crippen LogP contribution in [0.2, 0.25) is 0 Å². The van der Waals surface area contributed by atoms with Crippen molar-refractivity contribution in [3.05, 3.63) is 12.5 Å². The minimum Gasteiger partial charge on any atom is -0.481 e. The summed E-state index contributed by atoms with van der Waals surface area (Å²) in [6.07, 6.45) is 10.2. The molecule has 1 N–H and O–H groups in total. The maximum absolute atomic E-state index is 8.64. The van der Waals surface area contributed by atoms with Crippen LogP contribution in [0.4, 0.5) is 0 Å². The van der Waals surface area contributed by atoms with E-state index >= 15 is 0 Å². The zero-order valence-electron chi connectivity index (χ0n) is 9.43. The molecule has 84 valence electrons. The summed E-state index contributed by atoms with van der Waals surface area (Å²) >= 11 is 0. The van der Waals surface area contributed by atoms with Crippen LogP contribution in [0.3, 0.4) is 0 Å². The number of aliphatic hydroxyl groups is 1. The van der Waals surface area contributed by atoms with Gasteiger partial charge in [-0.1, -0.05) is 51.9 Å². The van der Waals surface area contributed by atoms with Crippen LogP contribution in [0.1, 0.15) is 58.3 Å². The lowest BCUT2D eigenvalue weighted by molar-refractivity contribution is 0.0926. The average Bonchev–Trinajstić information content (AvgIpc) is 2.15. The molecule has 0 unspecified atom stereocenters. The maximum Gasteiger partial charge on any atom is 0.268 e. The van der Waals surface area contributed by atoms with E-state index < -0.39 is 0 Å². The Morgan fingerprint density at radius 2 is 1.50 bits per heavy atom. The number of aliphatic hydroxyl groups excluding tert-OH is 1. The molecule has 0 aromatic heterocycles. The number of hydrogen-bond donors (Lipinski definition) is 1. The molecule has 0 spiro atoms. The van der Waals surface area contributed by atoms with Gasteiger partial charge in [0.2, 0.25) is 0 Å². The predicted molar refractivity (Wildman–Crippen MR) is 60.3 cm³/mol. The highest BCUT2D eigenvalue weighted by atomic mass is 16.6. The van der Waals surface area contributed by atoms with E-state index in [0.29, 0.717) is 6.61 Å². The molecule has 0 heterocycles. The second-order valence-electron chi connectivity index (χ2n) is 3.72. The van der Waals surface area contributed by atoms with Gasteiger partial charge >= 0.3 is 0 Å². The van der Waals surface area contributed by atoms with E-state index in [9.17, 15) is 0 Å². The van der Waals surface area contributed by atoms with Crippen molar-refractivity contribution >= 4 is 0 Å². The van der Waals surface area contributed by atoms with Gasteiger partial charge < -0.3 is 9.84 Å². The van der Waals surface area contributed by atoms with Crippen LogP contribution in [0.15, 0.2) is 12.5 Å². The first kappa shape index (κ1) is 13.3. The summed E-state index contributed by atoms with van der Waals surface area (Å²) in [7, 11) is 0. The van der Waals surface area contributed by atoms with Crippen molar-refractivity contribution in [1.82, 2.24) is 0 Å². The molecule has 0 saturated carbocycles. The van der Waals surface area contributed by atoms with Gasteiger partial charge in [0, 0.05) is 0 Å². The lowest BCUT2D eigenvalue weighted by Crippen LogP contribution is -1.93. The molecule has 0 rings (SSSR count). The molecular weight excluding hydrogens is 176 g/mol. The van der Waals surface area contributed by atoms with E-state index in [2.05, 4.69) is 13.5 Å². The Bertz CT molecular complexity index is 132. The summed E-state index contributed by atoms with van der Waals surface area (Å²) in [4.78, 5) is 0. The summed E-state index contributed by atoms with van der Waals surface area (Å²) in [5.41, 5.74) is 0. The van der Waals surface area contributed by atoms with Crippen molar-refractivity contribution in [2.75, 3.05) is 6.61 Å². The Morgan fingerprint density at radius 3 is 2.00 bits per heavy atom. The van der Waals surface area contributed by atoms with Crippen LogP contribution in [0, 0.1) is 0 Å². The van der Waals surface area contributed by atoms with Gasteiger partial charge in [0.1, 0.15) is 0 Å². The molecule has 0 bridgehead atoms. The fourth-order valence-electron chi connectivity index (χ4n) is 1.43. The topological polar surface area (TPSA) is 29.5 Å². The highest BCUT2D eigenvalue weighted by molar-refractivity contribution is 4.61. The van der Waals surface area contributed by atoms with Gasteiger partial charge in [-0.05, 0) is 13.0 Å². The summed E-state index contributed by atoms with van der Waals surface area (Å²) in [6.45, 7) is 6.09. The molecule has 2 heteroatoms. The van der Waals surface area contributed by atoms with Crippen molar-refractivity contribution in [3.63, 3.8) is 0 Å². The number of rotatable bonds is 10. The molecule has 0 amide bonds. The van der Waals surface area contributed by atoms with E-state index in [0.717, 1.165) is 6.42 Å². The Kier molecular flexibility index (Phi) is 9.93. The zero-order valence-corrected chi connectivity index (χ0v) is 9.43. The fourth-order valence-corrected chi connectivity index (χ4v) is 1.43. The van der Waals surface area contributed by atoms with E-state index in [1.54, 1.807) is 0 Å². The van der Waals surface area contributed by atoms with E-state index in [4.69, 9.17) is 9.84 Å².